The van der Waals surface area contributed by atoms with Gasteiger partial charge in [-0.25, -0.2) is 0 Å². The molecule has 1 aliphatic carbocycles. The van der Waals surface area contributed by atoms with Crippen LogP contribution in [0.25, 0.3) is 0 Å². The molecule has 5 atom stereocenters. The van der Waals surface area contributed by atoms with Gasteiger partial charge in [-0.15, -0.1) is 0 Å². The molecule has 5 unspecified atom stereocenters. The quantitative estimate of drug-likeness (QED) is 0.757. The van der Waals surface area contributed by atoms with Crippen LogP contribution in [0.4, 0.5) is 0 Å². The smallest absolute Gasteiger partial charge is 0.323 e. The number of hydrogen-bond donors (Lipinski definition) is 1. The molecule has 0 amide bonds. The fourth-order valence-electron chi connectivity index (χ4n) is 3.45. The lowest BCUT2D eigenvalue weighted by Crippen LogP contribution is -2.52. The van der Waals surface area contributed by atoms with Crippen LogP contribution in [0.5, 0.6) is 0 Å². The monoisotopic (exact) mass is 283 g/mol. The van der Waals surface area contributed by atoms with Gasteiger partial charge >= 0.3 is 5.97 Å². The predicted octanol–water partition coefficient (Wildman–Crippen LogP) is 3.62. The van der Waals surface area contributed by atoms with Crippen molar-refractivity contribution >= 4 is 5.97 Å². The Labute approximate surface area is 124 Å². The van der Waals surface area contributed by atoms with Crippen LogP contribution in [0.1, 0.15) is 60.3 Å². The molecule has 0 bridgehead atoms. The van der Waals surface area contributed by atoms with Crippen LogP contribution < -0.4 is 5.32 Å². The third kappa shape index (κ3) is 4.47. The number of hydrogen-bond acceptors (Lipinski definition) is 3. The van der Waals surface area contributed by atoms with Crippen molar-refractivity contribution in [1.82, 2.24) is 5.32 Å². The highest BCUT2D eigenvalue weighted by atomic mass is 16.5. The number of esters is 1. The highest BCUT2D eigenvalue weighted by Crippen LogP contribution is 2.34. The van der Waals surface area contributed by atoms with Gasteiger partial charge in [0.05, 0.1) is 7.11 Å². The van der Waals surface area contributed by atoms with Crippen molar-refractivity contribution in [1.29, 1.82) is 0 Å². The lowest BCUT2D eigenvalue weighted by molar-refractivity contribution is -0.145. The van der Waals surface area contributed by atoms with Gasteiger partial charge in [-0.05, 0) is 36.5 Å². The Morgan fingerprint density at radius 2 is 1.95 bits per heavy atom. The predicted molar refractivity (Wildman–Crippen MR) is 83.5 cm³/mol. The molecule has 0 aromatic rings. The van der Waals surface area contributed by atoms with Crippen LogP contribution in [-0.4, -0.2) is 25.2 Å². The summed E-state index contributed by atoms with van der Waals surface area (Å²) in [7, 11) is 1.49. The topological polar surface area (TPSA) is 38.3 Å². The van der Waals surface area contributed by atoms with E-state index in [-0.39, 0.29) is 12.0 Å². The standard InChI is InChI=1S/C17H33NO2/c1-7-13(5)16(17(19)20-6)18-15-10-12(4)8-9-14(15)11(2)3/h11-16,18H,7-10H2,1-6H3. The van der Waals surface area contributed by atoms with Gasteiger partial charge in [-0.3, -0.25) is 4.79 Å². The first-order valence-electron chi connectivity index (χ1n) is 8.24. The van der Waals surface area contributed by atoms with Gasteiger partial charge in [0.2, 0.25) is 0 Å². The fraction of sp³-hybridized carbons (Fsp3) is 0.941. The Bertz CT molecular complexity index is 303. The maximum atomic E-state index is 12.1. The fourth-order valence-corrected chi connectivity index (χ4v) is 3.45. The zero-order valence-corrected chi connectivity index (χ0v) is 14.1. The van der Waals surface area contributed by atoms with Crippen LogP contribution in [0.3, 0.4) is 0 Å². The number of carbonyl (C=O) groups is 1. The van der Waals surface area contributed by atoms with E-state index in [1.165, 1.54) is 26.4 Å². The second-order valence-electron chi connectivity index (χ2n) is 6.99. The summed E-state index contributed by atoms with van der Waals surface area (Å²) in [5.41, 5.74) is 0. The number of rotatable bonds is 6. The Kier molecular flexibility index (Phi) is 7.01. The Morgan fingerprint density at radius 3 is 2.45 bits per heavy atom. The van der Waals surface area contributed by atoms with Crippen molar-refractivity contribution in [3.8, 4) is 0 Å². The molecule has 0 heterocycles. The van der Waals surface area contributed by atoms with Gasteiger partial charge in [-0.2, -0.15) is 0 Å². The van der Waals surface area contributed by atoms with Gasteiger partial charge in [-0.1, -0.05) is 47.5 Å². The molecule has 0 aromatic heterocycles. The molecular weight excluding hydrogens is 250 g/mol. The van der Waals surface area contributed by atoms with Crippen molar-refractivity contribution in [2.45, 2.75) is 72.4 Å². The molecule has 3 heteroatoms. The molecule has 20 heavy (non-hydrogen) atoms. The zero-order chi connectivity index (χ0) is 15.3. The SMILES string of the molecule is CCC(C)C(NC1CC(C)CCC1C(C)C)C(=O)OC. The van der Waals surface area contributed by atoms with E-state index >= 15 is 0 Å². The minimum atomic E-state index is -0.165. The molecule has 1 N–H and O–H groups in total. The highest BCUT2D eigenvalue weighted by Gasteiger charge is 2.35. The molecule has 3 nitrogen and oxygen atoms in total. The van der Waals surface area contributed by atoms with Crippen molar-refractivity contribution in [2.24, 2.45) is 23.7 Å². The Hall–Kier alpha value is -0.570. The number of methoxy groups -OCH3 is 1. The lowest BCUT2D eigenvalue weighted by Gasteiger charge is -2.40. The van der Waals surface area contributed by atoms with Gasteiger partial charge in [0.1, 0.15) is 6.04 Å². The third-order valence-corrected chi connectivity index (χ3v) is 5.08. The highest BCUT2D eigenvalue weighted by molar-refractivity contribution is 5.76. The summed E-state index contributed by atoms with van der Waals surface area (Å²) in [6.45, 7) is 11.2. The third-order valence-electron chi connectivity index (χ3n) is 5.08. The molecule has 0 aliphatic heterocycles. The molecule has 1 aliphatic rings. The van der Waals surface area contributed by atoms with Gasteiger partial charge in [0.15, 0.2) is 0 Å². The molecule has 1 fully saturated rings. The van der Waals surface area contributed by atoms with E-state index < -0.39 is 0 Å². The van der Waals surface area contributed by atoms with Crippen molar-refractivity contribution < 1.29 is 9.53 Å². The normalized spacial score (nSPS) is 30.1. The molecule has 0 spiro atoms. The van der Waals surface area contributed by atoms with Crippen LogP contribution in [0.15, 0.2) is 0 Å². The molecule has 0 aromatic carbocycles. The maximum Gasteiger partial charge on any atom is 0.323 e. The van der Waals surface area contributed by atoms with E-state index in [2.05, 4.69) is 39.9 Å². The first kappa shape index (κ1) is 17.5. The van der Waals surface area contributed by atoms with Crippen LogP contribution in [-0.2, 0) is 9.53 Å². The average molecular weight is 283 g/mol. The van der Waals surface area contributed by atoms with Gasteiger partial charge in [0, 0.05) is 6.04 Å². The van der Waals surface area contributed by atoms with Crippen molar-refractivity contribution in [3.05, 3.63) is 0 Å². The van der Waals surface area contributed by atoms with Gasteiger partial charge < -0.3 is 10.1 Å². The van der Waals surface area contributed by atoms with Crippen LogP contribution in [0.2, 0.25) is 0 Å². The number of ether oxygens (including phenoxy) is 1. The Balaban J connectivity index is 2.79. The Morgan fingerprint density at radius 1 is 1.30 bits per heavy atom. The summed E-state index contributed by atoms with van der Waals surface area (Å²) < 4.78 is 5.00. The molecule has 1 saturated carbocycles. The molecule has 0 radical (unpaired) electrons. The maximum absolute atomic E-state index is 12.1. The van der Waals surface area contributed by atoms with Gasteiger partial charge in [0.25, 0.3) is 0 Å². The van der Waals surface area contributed by atoms with E-state index in [0.29, 0.717) is 23.8 Å². The summed E-state index contributed by atoms with van der Waals surface area (Å²) in [6.07, 6.45) is 4.74. The van der Waals surface area contributed by atoms with E-state index in [0.717, 1.165) is 12.3 Å². The van der Waals surface area contributed by atoms with Crippen molar-refractivity contribution in [2.75, 3.05) is 7.11 Å². The molecule has 118 valence electrons. The largest absolute Gasteiger partial charge is 0.468 e. The zero-order valence-electron chi connectivity index (χ0n) is 14.1. The summed E-state index contributed by atoms with van der Waals surface area (Å²) in [6, 6.07) is 0.276. The van der Waals surface area contributed by atoms with E-state index in [1.807, 2.05) is 0 Å². The average Bonchev–Trinajstić information content (AvgIpc) is 2.42. The first-order valence-corrected chi connectivity index (χ1v) is 8.24. The van der Waals surface area contributed by atoms with Crippen molar-refractivity contribution in [3.63, 3.8) is 0 Å². The van der Waals surface area contributed by atoms with Crippen LogP contribution >= 0.6 is 0 Å². The second-order valence-corrected chi connectivity index (χ2v) is 6.99. The minimum absolute atomic E-state index is 0.111. The number of carbonyl (C=O) groups excluding carboxylic acids is 1. The second kappa shape index (κ2) is 8.02. The summed E-state index contributed by atoms with van der Waals surface area (Å²) >= 11 is 0. The lowest BCUT2D eigenvalue weighted by atomic mass is 9.73. The van der Waals surface area contributed by atoms with E-state index in [1.54, 1.807) is 0 Å². The minimum Gasteiger partial charge on any atom is -0.468 e. The molecular formula is C17H33NO2. The first-order chi connectivity index (χ1) is 9.40. The molecule has 0 saturated heterocycles. The summed E-state index contributed by atoms with van der Waals surface area (Å²) in [5, 5.41) is 3.64. The summed E-state index contributed by atoms with van der Waals surface area (Å²) in [5.74, 6) is 2.28. The van der Waals surface area contributed by atoms with Crippen LogP contribution in [0, 0.1) is 23.7 Å². The van der Waals surface area contributed by atoms with E-state index in [4.69, 9.17) is 4.74 Å². The summed E-state index contributed by atoms with van der Waals surface area (Å²) in [4.78, 5) is 12.1. The molecule has 1 rings (SSSR count). The number of nitrogens with one attached hydrogen (secondary N) is 1. The van der Waals surface area contributed by atoms with E-state index in [9.17, 15) is 4.79 Å².